The predicted octanol–water partition coefficient (Wildman–Crippen LogP) is 2.37. The van der Waals surface area contributed by atoms with Crippen molar-refractivity contribution in [3.63, 3.8) is 0 Å². The van der Waals surface area contributed by atoms with E-state index in [2.05, 4.69) is 16.0 Å². The van der Waals surface area contributed by atoms with Crippen molar-refractivity contribution in [2.45, 2.75) is 26.4 Å². The molecule has 1 unspecified atom stereocenters. The monoisotopic (exact) mass is 412 g/mol. The first-order valence-electron chi connectivity index (χ1n) is 9.73. The van der Waals surface area contributed by atoms with E-state index in [1.165, 1.54) is 0 Å². The SMILES string of the molecule is CCN(CC(=O)Nc1ccc(OC)cc1)C(C)C(=O)NC(=O)NCc1ccccc1. The number of nitrogens with zero attached hydrogens (tertiary/aromatic N) is 1. The van der Waals surface area contributed by atoms with E-state index in [9.17, 15) is 14.4 Å². The van der Waals surface area contributed by atoms with Crippen molar-refractivity contribution in [3.8, 4) is 5.75 Å². The van der Waals surface area contributed by atoms with Gasteiger partial charge in [0, 0.05) is 12.2 Å². The van der Waals surface area contributed by atoms with Crippen molar-refractivity contribution in [3.05, 3.63) is 60.2 Å². The minimum absolute atomic E-state index is 0.0166. The Morgan fingerprint density at radius 3 is 2.30 bits per heavy atom. The Labute approximate surface area is 176 Å². The van der Waals surface area contributed by atoms with Crippen molar-refractivity contribution in [1.82, 2.24) is 15.5 Å². The Hall–Kier alpha value is -3.39. The number of anilines is 1. The molecular formula is C22H28N4O4. The molecule has 30 heavy (non-hydrogen) atoms. The Morgan fingerprint density at radius 1 is 1.03 bits per heavy atom. The second-order valence-corrected chi connectivity index (χ2v) is 6.67. The minimum atomic E-state index is -0.654. The highest BCUT2D eigenvalue weighted by atomic mass is 16.5. The topological polar surface area (TPSA) is 99.8 Å². The molecule has 0 radical (unpaired) electrons. The van der Waals surface area contributed by atoms with Gasteiger partial charge < -0.3 is 15.4 Å². The molecule has 0 aliphatic carbocycles. The maximum atomic E-state index is 12.4. The number of benzene rings is 2. The highest BCUT2D eigenvalue weighted by Crippen LogP contribution is 2.15. The van der Waals surface area contributed by atoms with Crippen LogP contribution in [0.15, 0.2) is 54.6 Å². The molecule has 2 rings (SSSR count). The molecule has 0 heterocycles. The van der Waals surface area contributed by atoms with Crippen LogP contribution in [-0.2, 0) is 16.1 Å². The molecule has 0 bridgehead atoms. The summed E-state index contributed by atoms with van der Waals surface area (Å²) in [7, 11) is 1.57. The number of imide groups is 1. The molecule has 2 aromatic carbocycles. The molecule has 0 aliphatic rings. The number of carbonyl (C=O) groups is 3. The van der Waals surface area contributed by atoms with E-state index in [0.29, 0.717) is 24.5 Å². The zero-order valence-electron chi connectivity index (χ0n) is 17.5. The molecule has 1 atom stereocenters. The Bertz CT molecular complexity index is 840. The van der Waals surface area contributed by atoms with E-state index in [4.69, 9.17) is 4.74 Å². The Kier molecular flexibility index (Phi) is 8.83. The number of methoxy groups -OCH3 is 1. The highest BCUT2D eigenvalue weighted by molar-refractivity contribution is 5.97. The zero-order chi connectivity index (χ0) is 21.9. The van der Waals surface area contributed by atoms with Gasteiger partial charge in [0.25, 0.3) is 0 Å². The van der Waals surface area contributed by atoms with E-state index < -0.39 is 18.0 Å². The summed E-state index contributed by atoms with van der Waals surface area (Å²) < 4.78 is 5.09. The number of amides is 4. The highest BCUT2D eigenvalue weighted by Gasteiger charge is 2.23. The number of carbonyl (C=O) groups excluding carboxylic acids is 3. The van der Waals surface area contributed by atoms with Gasteiger partial charge in [0.15, 0.2) is 0 Å². The van der Waals surface area contributed by atoms with Crippen molar-refractivity contribution >= 4 is 23.5 Å². The molecule has 0 saturated heterocycles. The van der Waals surface area contributed by atoms with Crippen LogP contribution in [0.1, 0.15) is 19.4 Å². The first-order chi connectivity index (χ1) is 14.4. The molecule has 0 spiro atoms. The van der Waals surface area contributed by atoms with E-state index in [0.717, 1.165) is 5.56 Å². The Morgan fingerprint density at radius 2 is 1.70 bits per heavy atom. The van der Waals surface area contributed by atoms with Crippen LogP contribution >= 0.6 is 0 Å². The maximum absolute atomic E-state index is 12.4. The van der Waals surface area contributed by atoms with Crippen LogP contribution in [0.5, 0.6) is 5.75 Å². The standard InChI is InChI=1S/C22H28N4O4/c1-4-26(15-20(27)24-18-10-12-19(30-3)13-11-18)16(2)21(28)25-22(29)23-14-17-8-6-5-7-9-17/h5-13,16H,4,14-15H2,1-3H3,(H,24,27)(H2,23,25,28,29). The van der Waals surface area contributed by atoms with E-state index >= 15 is 0 Å². The summed E-state index contributed by atoms with van der Waals surface area (Å²) in [5.41, 5.74) is 1.56. The second-order valence-electron chi connectivity index (χ2n) is 6.67. The van der Waals surface area contributed by atoms with E-state index in [1.807, 2.05) is 37.3 Å². The number of hydrogen-bond acceptors (Lipinski definition) is 5. The summed E-state index contributed by atoms with van der Waals surface area (Å²) in [5.74, 6) is -0.0335. The fraction of sp³-hybridized carbons (Fsp3) is 0.318. The van der Waals surface area contributed by atoms with Gasteiger partial charge in [0.2, 0.25) is 11.8 Å². The quantitative estimate of drug-likeness (QED) is 0.587. The summed E-state index contributed by atoms with van der Waals surface area (Å²) >= 11 is 0. The molecule has 0 aromatic heterocycles. The molecule has 4 amide bonds. The lowest BCUT2D eigenvalue weighted by Gasteiger charge is -2.26. The molecule has 3 N–H and O–H groups in total. The number of rotatable bonds is 9. The molecule has 0 aliphatic heterocycles. The van der Waals surface area contributed by atoms with Gasteiger partial charge >= 0.3 is 6.03 Å². The maximum Gasteiger partial charge on any atom is 0.321 e. The summed E-state index contributed by atoms with van der Waals surface area (Å²) in [6, 6.07) is 15.1. The summed E-state index contributed by atoms with van der Waals surface area (Å²) in [4.78, 5) is 38.5. The fourth-order valence-electron chi connectivity index (χ4n) is 2.79. The largest absolute Gasteiger partial charge is 0.497 e. The van der Waals surface area contributed by atoms with Crippen molar-refractivity contribution in [2.75, 3.05) is 25.5 Å². The number of likely N-dealkylation sites (N-methyl/N-ethyl adjacent to an activating group) is 1. The lowest BCUT2D eigenvalue weighted by atomic mass is 10.2. The first-order valence-corrected chi connectivity index (χ1v) is 9.73. The van der Waals surface area contributed by atoms with Crippen LogP contribution in [0, 0.1) is 0 Å². The van der Waals surface area contributed by atoms with Gasteiger partial charge in [-0.25, -0.2) is 4.79 Å². The van der Waals surface area contributed by atoms with Crippen LogP contribution in [0.3, 0.4) is 0 Å². The average Bonchev–Trinajstić information content (AvgIpc) is 2.76. The van der Waals surface area contributed by atoms with Crippen LogP contribution in [0.25, 0.3) is 0 Å². The number of urea groups is 1. The first kappa shape index (κ1) is 22.9. The molecule has 2 aromatic rings. The molecule has 0 fully saturated rings. The van der Waals surface area contributed by atoms with E-state index in [1.54, 1.807) is 43.2 Å². The molecular weight excluding hydrogens is 384 g/mol. The molecule has 160 valence electrons. The van der Waals surface area contributed by atoms with Crippen LogP contribution < -0.4 is 20.7 Å². The van der Waals surface area contributed by atoms with E-state index in [-0.39, 0.29) is 12.5 Å². The van der Waals surface area contributed by atoms with Gasteiger partial charge in [0.1, 0.15) is 5.75 Å². The lowest BCUT2D eigenvalue weighted by Crippen LogP contribution is -2.51. The van der Waals surface area contributed by atoms with Gasteiger partial charge in [-0.15, -0.1) is 0 Å². The predicted molar refractivity (Wildman–Crippen MR) is 115 cm³/mol. The molecule has 8 nitrogen and oxygen atoms in total. The third-order valence-electron chi connectivity index (χ3n) is 4.59. The van der Waals surface area contributed by atoms with Crippen LogP contribution in [-0.4, -0.2) is 49.0 Å². The summed E-state index contributed by atoms with van der Waals surface area (Å²) in [6.07, 6.45) is 0. The normalized spacial score (nSPS) is 11.5. The third kappa shape index (κ3) is 7.21. The van der Waals surface area contributed by atoms with Gasteiger partial charge in [-0.05, 0) is 43.3 Å². The number of nitrogens with one attached hydrogen (secondary N) is 3. The van der Waals surface area contributed by atoms with Crippen molar-refractivity contribution in [1.29, 1.82) is 0 Å². The smallest absolute Gasteiger partial charge is 0.321 e. The zero-order valence-corrected chi connectivity index (χ0v) is 17.5. The van der Waals surface area contributed by atoms with Crippen LogP contribution in [0.4, 0.5) is 10.5 Å². The summed E-state index contributed by atoms with van der Waals surface area (Å²) in [6.45, 7) is 4.30. The second kappa shape index (κ2) is 11.6. The lowest BCUT2D eigenvalue weighted by molar-refractivity contribution is -0.126. The van der Waals surface area contributed by atoms with Crippen LogP contribution in [0.2, 0.25) is 0 Å². The Balaban J connectivity index is 1.82. The minimum Gasteiger partial charge on any atom is -0.497 e. The van der Waals surface area contributed by atoms with Gasteiger partial charge in [-0.1, -0.05) is 37.3 Å². The van der Waals surface area contributed by atoms with Crippen molar-refractivity contribution in [2.24, 2.45) is 0 Å². The number of ether oxygens (including phenoxy) is 1. The third-order valence-corrected chi connectivity index (χ3v) is 4.59. The van der Waals surface area contributed by atoms with Gasteiger partial charge in [0.05, 0.1) is 19.7 Å². The number of hydrogen-bond donors (Lipinski definition) is 3. The fourth-order valence-corrected chi connectivity index (χ4v) is 2.79. The van der Waals surface area contributed by atoms with Crippen molar-refractivity contribution < 1.29 is 19.1 Å². The van der Waals surface area contributed by atoms with Gasteiger partial charge in [-0.3, -0.25) is 19.8 Å². The molecule has 8 heteroatoms. The average molecular weight is 412 g/mol. The van der Waals surface area contributed by atoms with Gasteiger partial charge in [-0.2, -0.15) is 0 Å². The summed E-state index contributed by atoms with van der Waals surface area (Å²) in [5, 5.41) is 7.75. The molecule has 0 saturated carbocycles.